The Morgan fingerprint density at radius 3 is 2.28 bits per heavy atom. The van der Waals surface area contributed by atoms with Crippen molar-refractivity contribution >= 4 is 0 Å². The van der Waals surface area contributed by atoms with E-state index in [2.05, 4.69) is 6.92 Å². The lowest BCUT2D eigenvalue weighted by atomic mass is 10.1. The molecule has 0 bridgehead atoms. The Labute approximate surface area is 111 Å². The lowest BCUT2D eigenvalue weighted by molar-refractivity contribution is 0.302. The van der Waals surface area contributed by atoms with Gasteiger partial charge in [0.1, 0.15) is 11.5 Å². The van der Waals surface area contributed by atoms with E-state index in [1.807, 2.05) is 6.07 Å². The van der Waals surface area contributed by atoms with Crippen LogP contribution in [0, 0.1) is 0 Å². The maximum Gasteiger partial charge on any atom is 0.122 e. The second kappa shape index (κ2) is 9.81. The Bertz CT molecular complexity index is 310. The van der Waals surface area contributed by atoms with Gasteiger partial charge in [0.2, 0.25) is 0 Å². The average Bonchev–Trinajstić information content (AvgIpc) is 2.37. The molecule has 0 saturated carbocycles. The first kappa shape index (κ1) is 14.9. The molecule has 0 radical (unpaired) electrons. The van der Waals surface area contributed by atoms with Crippen LogP contribution in [0.3, 0.4) is 0 Å². The van der Waals surface area contributed by atoms with Gasteiger partial charge in [-0.15, -0.1) is 0 Å². The first-order valence-corrected chi connectivity index (χ1v) is 7.24. The highest BCUT2D eigenvalue weighted by Crippen LogP contribution is 2.18. The average molecular weight is 250 g/mol. The Morgan fingerprint density at radius 2 is 1.61 bits per heavy atom. The number of phenolic OH excluding ortho intramolecular Hbond substituents is 1. The van der Waals surface area contributed by atoms with Crippen LogP contribution < -0.4 is 4.74 Å². The van der Waals surface area contributed by atoms with E-state index in [0.29, 0.717) is 0 Å². The number of hydrogen-bond donors (Lipinski definition) is 1. The molecule has 0 saturated heterocycles. The van der Waals surface area contributed by atoms with Crippen molar-refractivity contribution in [1.82, 2.24) is 0 Å². The summed E-state index contributed by atoms with van der Waals surface area (Å²) in [6.07, 6.45) is 10.5. The maximum absolute atomic E-state index is 9.28. The van der Waals surface area contributed by atoms with Gasteiger partial charge in [-0.3, -0.25) is 0 Å². The van der Waals surface area contributed by atoms with Crippen molar-refractivity contribution in [3.05, 3.63) is 24.3 Å². The number of ether oxygens (including phenoxy) is 1. The van der Waals surface area contributed by atoms with Gasteiger partial charge in [-0.05, 0) is 18.6 Å². The lowest BCUT2D eigenvalue weighted by Gasteiger charge is -2.06. The van der Waals surface area contributed by atoms with Crippen LogP contribution in [0.4, 0.5) is 0 Å². The van der Waals surface area contributed by atoms with Crippen LogP contribution in [0.25, 0.3) is 0 Å². The molecule has 0 fully saturated rings. The van der Waals surface area contributed by atoms with Gasteiger partial charge >= 0.3 is 0 Å². The van der Waals surface area contributed by atoms with E-state index in [0.717, 1.165) is 18.8 Å². The molecular weight excluding hydrogens is 224 g/mol. The Balaban J connectivity index is 1.92. The molecule has 0 aliphatic heterocycles. The molecule has 0 atom stereocenters. The Morgan fingerprint density at radius 1 is 0.944 bits per heavy atom. The number of benzene rings is 1. The third kappa shape index (κ3) is 7.21. The van der Waals surface area contributed by atoms with Crippen molar-refractivity contribution in [2.75, 3.05) is 6.61 Å². The molecule has 0 heterocycles. The standard InChI is InChI=1S/C16H26O2/c1-2-3-4-5-6-7-8-9-13-18-16-12-10-11-15(17)14-16/h10-12,14,17H,2-9,13H2,1H3. The highest BCUT2D eigenvalue weighted by Gasteiger charge is 1.95. The minimum absolute atomic E-state index is 0.267. The van der Waals surface area contributed by atoms with Crippen molar-refractivity contribution in [2.45, 2.75) is 58.3 Å². The number of rotatable bonds is 10. The third-order valence-electron chi connectivity index (χ3n) is 3.08. The van der Waals surface area contributed by atoms with Crippen molar-refractivity contribution in [2.24, 2.45) is 0 Å². The van der Waals surface area contributed by atoms with Gasteiger partial charge in [0, 0.05) is 6.07 Å². The first-order chi connectivity index (χ1) is 8.83. The van der Waals surface area contributed by atoms with Gasteiger partial charge in [-0.25, -0.2) is 0 Å². The molecule has 2 heteroatoms. The minimum Gasteiger partial charge on any atom is -0.508 e. The molecule has 1 N–H and O–H groups in total. The zero-order chi connectivity index (χ0) is 13.1. The summed E-state index contributed by atoms with van der Waals surface area (Å²) in [5.41, 5.74) is 0. The highest BCUT2D eigenvalue weighted by molar-refractivity contribution is 5.31. The largest absolute Gasteiger partial charge is 0.508 e. The summed E-state index contributed by atoms with van der Waals surface area (Å²) in [6, 6.07) is 7.00. The Hall–Kier alpha value is -1.18. The van der Waals surface area contributed by atoms with Crippen LogP contribution in [0.15, 0.2) is 24.3 Å². The molecule has 102 valence electrons. The van der Waals surface area contributed by atoms with E-state index < -0.39 is 0 Å². The van der Waals surface area contributed by atoms with Crippen LogP contribution in [0.1, 0.15) is 58.3 Å². The number of aromatic hydroxyl groups is 1. The van der Waals surface area contributed by atoms with Crippen LogP contribution >= 0.6 is 0 Å². The van der Waals surface area contributed by atoms with Crippen molar-refractivity contribution in [1.29, 1.82) is 0 Å². The SMILES string of the molecule is CCCCCCCCCCOc1cccc(O)c1. The fourth-order valence-corrected chi connectivity index (χ4v) is 2.00. The molecular formula is C16H26O2. The van der Waals surface area contributed by atoms with E-state index in [-0.39, 0.29) is 5.75 Å². The zero-order valence-corrected chi connectivity index (χ0v) is 11.5. The minimum atomic E-state index is 0.267. The summed E-state index contributed by atoms with van der Waals surface area (Å²) in [5.74, 6) is 1.03. The molecule has 0 aromatic heterocycles. The van der Waals surface area contributed by atoms with E-state index >= 15 is 0 Å². The monoisotopic (exact) mass is 250 g/mol. The molecule has 1 rings (SSSR count). The number of phenols is 1. The molecule has 1 aromatic carbocycles. The molecule has 18 heavy (non-hydrogen) atoms. The second-order valence-corrected chi connectivity index (χ2v) is 4.82. The predicted molar refractivity (Wildman–Crippen MR) is 76.2 cm³/mol. The van der Waals surface area contributed by atoms with Crippen LogP contribution in [-0.4, -0.2) is 11.7 Å². The van der Waals surface area contributed by atoms with Gasteiger partial charge in [0.05, 0.1) is 6.61 Å². The van der Waals surface area contributed by atoms with Crippen LogP contribution in [0.5, 0.6) is 11.5 Å². The maximum atomic E-state index is 9.28. The summed E-state index contributed by atoms with van der Waals surface area (Å²) in [5, 5.41) is 9.28. The van der Waals surface area contributed by atoms with Gasteiger partial charge in [-0.1, -0.05) is 57.9 Å². The molecule has 0 spiro atoms. The number of hydrogen-bond acceptors (Lipinski definition) is 2. The van der Waals surface area contributed by atoms with Crippen LogP contribution in [-0.2, 0) is 0 Å². The lowest BCUT2D eigenvalue weighted by Crippen LogP contribution is -1.96. The van der Waals surface area contributed by atoms with Gasteiger partial charge in [0.15, 0.2) is 0 Å². The fourth-order valence-electron chi connectivity index (χ4n) is 2.00. The van der Waals surface area contributed by atoms with Gasteiger partial charge in [-0.2, -0.15) is 0 Å². The summed E-state index contributed by atoms with van der Waals surface area (Å²) in [4.78, 5) is 0. The van der Waals surface area contributed by atoms with Crippen molar-refractivity contribution < 1.29 is 9.84 Å². The van der Waals surface area contributed by atoms with Gasteiger partial charge in [0.25, 0.3) is 0 Å². The van der Waals surface area contributed by atoms with E-state index in [4.69, 9.17) is 4.74 Å². The second-order valence-electron chi connectivity index (χ2n) is 4.82. The molecule has 0 amide bonds. The summed E-state index contributed by atoms with van der Waals surface area (Å²) in [7, 11) is 0. The summed E-state index contributed by atoms with van der Waals surface area (Å²) < 4.78 is 5.57. The fraction of sp³-hybridized carbons (Fsp3) is 0.625. The zero-order valence-electron chi connectivity index (χ0n) is 11.5. The highest BCUT2D eigenvalue weighted by atomic mass is 16.5. The van der Waals surface area contributed by atoms with Crippen LogP contribution in [0.2, 0.25) is 0 Å². The smallest absolute Gasteiger partial charge is 0.122 e. The third-order valence-corrected chi connectivity index (χ3v) is 3.08. The molecule has 0 unspecified atom stereocenters. The molecule has 0 aliphatic rings. The predicted octanol–water partition coefficient (Wildman–Crippen LogP) is 4.91. The Kier molecular flexibility index (Phi) is 8.11. The molecule has 1 aromatic rings. The van der Waals surface area contributed by atoms with E-state index in [1.165, 1.54) is 44.9 Å². The van der Waals surface area contributed by atoms with E-state index in [1.54, 1.807) is 18.2 Å². The van der Waals surface area contributed by atoms with Crippen molar-refractivity contribution in [3.63, 3.8) is 0 Å². The molecule has 0 aliphatic carbocycles. The summed E-state index contributed by atoms with van der Waals surface area (Å²) in [6.45, 7) is 3.00. The summed E-state index contributed by atoms with van der Waals surface area (Å²) >= 11 is 0. The first-order valence-electron chi connectivity index (χ1n) is 7.24. The molecule has 2 nitrogen and oxygen atoms in total. The topological polar surface area (TPSA) is 29.5 Å². The quantitative estimate of drug-likeness (QED) is 0.598. The van der Waals surface area contributed by atoms with Crippen molar-refractivity contribution in [3.8, 4) is 11.5 Å². The normalized spacial score (nSPS) is 10.5. The van der Waals surface area contributed by atoms with E-state index in [9.17, 15) is 5.11 Å². The number of unbranched alkanes of at least 4 members (excludes halogenated alkanes) is 7. The van der Waals surface area contributed by atoms with Gasteiger partial charge < -0.3 is 9.84 Å².